The predicted octanol–water partition coefficient (Wildman–Crippen LogP) is 1.99. The average Bonchev–Trinajstić information content (AvgIpc) is 2.75. The molecule has 0 aromatic carbocycles. The van der Waals surface area contributed by atoms with Crippen LogP contribution in [0.5, 0.6) is 0 Å². The highest BCUT2D eigenvalue weighted by Gasteiger charge is 2.34. The molecular formula is C11H13F3N2O3S. The summed E-state index contributed by atoms with van der Waals surface area (Å²) in [5.74, 6) is -1.11. The van der Waals surface area contributed by atoms with Crippen molar-refractivity contribution in [3.05, 3.63) is 16.1 Å². The van der Waals surface area contributed by atoms with E-state index in [9.17, 15) is 18.0 Å². The number of carboxylic acids is 1. The second-order valence-corrected chi connectivity index (χ2v) is 5.42. The highest BCUT2D eigenvalue weighted by atomic mass is 32.1. The van der Waals surface area contributed by atoms with Gasteiger partial charge in [0.2, 0.25) is 0 Å². The van der Waals surface area contributed by atoms with Gasteiger partial charge in [-0.05, 0) is 0 Å². The van der Waals surface area contributed by atoms with Crippen LogP contribution in [0.25, 0.3) is 0 Å². The standard InChI is InChI=1S/C11H13F3N2O3S/c12-11(13,14)3-7-4-16(1-2-19-7)5-9-15-8(6-20-9)10(17)18/h6-7H,1-5H2,(H,17,18). The maximum atomic E-state index is 12.3. The third kappa shape index (κ3) is 4.43. The molecule has 2 heterocycles. The molecule has 112 valence electrons. The second kappa shape index (κ2) is 6.06. The van der Waals surface area contributed by atoms with Crippen molar-refractivity contribution in [3.63, 3.8) is 0 Å². The Morgan fingerprint density at radius 3 is 2.95 bits per heavy atom. The van der Waals surface area contributed by atoms with Gasteiger partial charge >= 0.3 is 12.1 Å². The highest BCUT2D eigenvalue weighted by Crippen LogP contribution is 2.25. The number of alkyl halides is 3. The van der Waals surface area contributed by atoms with Crippen LogP contribution in [0.3, 0.4) is 0 Å². The van der Waals surface area contributed by atoms with Crippen molar-refractivity contribution < 1.29 is 27.8 Å². The molecule has 5 nitrogen and oxygen atoms in total. The van der Waals surface area contributed by atoms with E-state index in [2.05, 4.69) is 4.98 Å². The van der Waals surface area contributed by atoms with Gasteiger partial charge in [-0.1, -0.05) is 0 Å². The minimum absolute atomic E-state index is 0.0369. The Balaban J connectivity index is 1.90. The normalized spacial score (nSPS) is 21.1. The monoisotopic (exact) mass is 310 g/mol. The summed E-state index contributed by atoms with van der Waals surface area (Å²) in [4.78, 5) is 16.4. The Hall–Kier alpha value is -1.19. The summed E-state index contributed by atoms with van der Waals surface area (Å²) in [6, 6.07) is 0. The van der Waals surface area contributed by atoms with Crippen LogP contribution in [0.15, 0.2) is 5.38 Å². The first-order valence-corrected chi connectivity index (χ1v) is 6.80. The molecule has 1 N–H and O–H groups in total. The van der Waals surface area contributed by atoms with Gasteiger partial charge in [0.1, 0.15) is 5.01 Å². The van der Waals surface area contributed by atoms with Crippen molar-refractivity contribution in [2.45, 2.75) is 25.2 Å². The fraction of sp³-hybridized carbons (Fsp3) is 0.636. The van der Waals surface area contributed by atoms with E-state index in [-0.39, 0.29) is 18.8 Å². The van der Waals surface area contributed by atoms with Gasteiger partial charge in [0.15, 0.2) is 5.69 Å². The van der Waals surface area contributed by atoms with Crippen LogP contribution in [-0.2, 0) is 11.3 Å². The van der Waals surface area contributed by atoms with Gasteiger partial charge in [-0.2, -0.15) is 13.2 Å². The summed E-state index contributed by atoms with van der Waals surface area (Å²) < 4.78 is 42.0. The van der Waals surface area contributed by atoms with Crippen LogP contribution >= 0.6 is 11.3 Å². The zero-order valence-corrected chi connectivity index (χ0v) is 11.2. The molecule has 9 heteroatoms. The number of aromatic nitrogens is 1. The Morgan fingerprint density at radius 2 is 2.35 bits per heavy atom. The first-order chi connectivity index (χ1) is 9.33. The van der Waals surface area contributed by atoms with Crippen molar-refractivity contribution in [3.8, 4) is 0 Å². The van der Waals surface area contributed by atoms with Gasteiger partial charge < -0.3 is 9.84 Å². The van der Waals surface area contributed by atoms with Crippen LogP contribution in [0.1, 0.15) is 21.9 Å². The van der Waals surface area contributed by atoms with Crippen LogP contribution in [-0.4, -0.2) is 52.9 Å². The number of hydrogen-bond donors (Lipinski definition) is 1. The van der Waals surface area contributed by atoms with E-state index >= 15 is 0 Å². The molecule has 1 aromatic rings. The third-order valence-electron chi connectivity index (χ3n) is 2.81. The molecule has 0 aliphatic carbocycles. The summed E-state index contributed by atoms with van der Waals surface area (Å²) in [6.07, 6.45) is -6.09. The summed E-state index contributed by atoms with van der Waals surface area (Å²) in [6.45, 7) is 1.26. The maximum Gasteiger partial charge on any atom is 0.391 e. The minimum atomic E-state index is -4.24. The molecule has 0 bridgehead atoms. The molecule has 1 unspecified atom stereocenters. The number of thiazole rings is 1. The molecular weight excluding hydrogens is 297 g/mol. The lowest BCUT2D eigenvalue weighted by molar-refractivity contribution is -0.170. The van der Waals surface area contributed by atoms with E-state index in [0.717, 1.165) is 0 Å². The SMILES string of the molecule is O=C(O)c1csc(CN2CCOC(CC(F)(F)F)C2)n1. The zero-order chi connectivity index (χ0) is 14.8. The van der Waals surface area contributed by atoms with E-state index < -0.39 is 24.7 Å². The van der Waals surface area contributed by atoms with Crippen molar-refractivity contribution in [2.75, 3.05) is 19.7 Å². The molecule has 1 aliphatic heterocycles. The lowest BCUT2D eigenvalue weighted by atomic mass is 10.2. The van der Waals surface area contributed by atoms with E-state index in [0.29, 0.717) is 18.1 Å². The van der Waals surface area contributed by atoms with Crippen LogP contribution < -0.4 is 0 Å². The number of nitrogens with zero attached hydrogens (tertiary/aromatic N) is 2. The van der Waals surface area contributed by atoms with E-state index in [1.54, 1.807) is 4.90 Å². The number of rotatable bonds is 4. The fourth-order valence-electron chi connectivity index (χ4n) is 1.98. The highest BCUT2D eigenvalue weighted by molar-refractivity contribution is 7.09. The molecule has 1 aliphatic rings. The molecule has 20 heavy (non-hydrogen) atoms. The van der Waals surface area contributed by atoms with E-state index in [4.69, 9.17) is 9.84 Å². The zero-order valence-electron chi connectivity index (χ0n) is 10.4. The number of carbonyl (C=O) groups is 1. The number of hydrogen-bond acceptors (Lipinski definition) is 5. The molecule has 0 spiro atoms. The number of morpholine rings is 1. The topological polar surface area (TPSA) is 62.7 Å². The van der Waals surface area contributed by atoms with E-state index in [1.807, 2.05) is 0 Å². The Bertz CT molecular complexity index is 478. The summed E-state index contributed by atoms with van der Waals surface area (Å²) in [5, 5.41) is 10.8. The number of halogens is 3. The van der Waals surface area contributed by atoms with Gasteiger partial charge in [0.25, 0.3) is 0 Å². The van der Waals surface area contributed by atoms with Crippen LogP contribution in [0.2, 0.25) is 0 Å². The molecule has 0 radical (unpaired) electrons. The van der Waals surface area contributed by atoms with Gasteiger partial charge in [0.05, 0.1) is 25.7 Å². The molecule has 1 atom stereocenters. The van der Waals surface area contributed by atoms with Gasteiger partial charge in [0, 0.05) is 18.5 Å². The maximum absolute atomic E-state index is 12.3. The van der Waals surface area contributed by atoms with Crippen LogP contribution in [0.4, 0.5) is 13.2 Å². The molecule has 0 saturated carbocycles. The largest absolute Gasteiger partial charge is 0.476 e. The van der Waals surface area contributed by atoms with Crippen LogP contribution in [0, 0.1) is 0 Å². The van der Waals surface area contributed by atoms with Crippen molar-refractivity contribution in [1.82, 2.24) is 9.88 Å². The molecule has 1 aromatic heterocycles. The van der Waals surface area contributed by atoms with Gasteiger partial charge in [-0.25, -0.2) is 9.78 Å². The molecule has 1 saturated heterocycles. The Morgan fingerprint density at radius 1 is 1.60 bits per heavy atom. The van der Waals surface area contributed by atoms with Crippen molar-refractivity contribution in [2.24, 2.45) is 0 Å². The fourth-order valence-corrected chi connectivity index (χ4v) is 2.79. The number of carboxylic acid groups (broad SMARTS) is 1. The molecule has 0 amide bonds. The lowest BCUT2D eigenvalue weighted by Crippen LogP contribution is -2.43. The van der Waals surface area contributed by atoms with Gasteiger partial charge in [-0.15, -0.1) is 11.3 Å². The summed E-state index contributed by atoms with van der Waals surface area (Å²) >= 11 is 1.19. The number of aromatic carboxylic acids is 1. The molecule has 1 fully saturated rings. The summed E-state index contributed by atoms with van der Waals surface area (Å²) in [5.41, 5.74) is -0.0369. The van der Waals surface area contributed by atoms with Crippen molar-refractivity contribution in [1.29, 1.82) is 0 Å². The van der Waals surface area contributed by atoms with Gasteiger partial charge in [-0.3, -0.25) is 4.90 Å². The average molecular weight is 310 g/mol. The smallest absolute Gasteiger partial charge is 0.391 e. The second-order valence-electron chi connectivity index (χ2n) is 4.48. The molecule has 2 rings (SSSR count). The lowest BCUT2D eigenvalue weighted by Gasteiger charge is -2.32. The number of ether oxygens (including phenoxy) is 1. The Kier molecular flexibility index (Phi) is 4.61. The quantitative estimate of drug-likeness (QED) is 0.921. The van der Waals surface area contributed by atoms with E-state index in [1.165, 1.54) is 16.7 Å². The summed E-state index contributed by atoms with van der Waals surface area (Å²) in [7, 11) is 0. The third-order valence-corrected chi connectivity index (χ3v) is 3.65. The first-order valence-electron chi connectivity index (χ1n) is 5.92. The minimum Gasteiger partial charge on any atom is -0.476 e. The van der Waals surface area contributed by atoms with Crippen molar-refractivity contribution >= 4 is 17.3 Å². The predicted molar refractivity (Wildman–Crippen MR) is 64.8 cm³/mol. The Labute approximate surface area is 117 Å². The first kappa shape index (κ1) is 15.2.